The van der Waals surface area contributed by atoms with Gasteiger partial charge in [0.2, 0.25) is 0 Å². The van der Waals surface area contributed by atoms with Crippen molar-refractivity contribution in [1.82, 2.24) is 14.8 Å². The van der Waals surface area contributed by atoms with Gasteiger partial charge in [-0.15, -0.1) is 0 Å². The molecule has 2 aromatic heterocycles. The van der Waals surface area contributed by atoms with E-state index in [0.717, 1.165) is 0 Å². The monoisotopic (exact) mass is 451 g/mol. The van der Waals surface area contributed by atoms with E-state index in [-0.39, 0.29) is 42.8 Å². The van der Waals surface area contributed by atoms with Gasteiger partial charge in [-0.25, -0.2) is 0 Å². The Balaban J connectivity index is 1.51. The Labute approximate surface area is 190 Å². The predicted octanol–water partition coefficient (Wildman–Crippen LogP) is 1.84. The minimum Gasteiger partial charge on any atom is -0.496 e. The maximum absolute atomic E-state index is 13.0. The molecule has 0 saturated carbocycles. The topological polar surface area (TPSA) is 103 Å². The molecule has 9 nitrogen and oxygen atoms in total. The van der Waals surface area contributed by atoms with Crippen LogP contribution in [0.25, 0.3) is 0 Å². The van der Waals surface area contributed by atoms with E-state index in [1.807, 2.05) is 18.2 Å². The van der Waals surface area contributed by atoms with Crippen LogP contribution in [0.15, 0.2) is 64.0 Å². The average molecular weight is 451 g/mol. The molecule has 0 saturated heterocycles. The first-order valence-corrected chi connectivity index (χ1v) is 10.6. The van der Waals surface area contributed by atoms with Crippen LogP contribution in [0.3, 0.4) is 0 Å². The van der Waals surface area contributed by atoms with Crippen LogP contribution in [0.1, 0.15) is 21.8 Å². The predicted molar refractivity (Wildman–Crippen MR) is 119 cm³/mol. The number of nitrogens with one attached hydrogen (secondary N) is 1. The number of aromatic nitrogens is 1. The summed E-state index contributed by atoms with van der Waals surface area (Å²) in [6, 6.07) is 13.9. The molecule has 0 spiro atoms. The van der Waals surface area contributed by atoms with Crippen LogP contribution in [0.5, 0.6) is 11.5 Å². The number of pyridine rings is 1. The Morgan fingerprint density at radius 1 is 1.09 bits per heavy atom. The fourth-order valence-electron chi connectivity index (χ4n) is 3.83. The van der Waals surface area contributed by atoms with Crippen LogP contribution < -0.4 is 20.3 Å². The largest absolute Gasteiger partial charge is 0.496 e. The fourth-order valence-corrected chi connectivity index (χ4v) is 3.83. The number of amides is 2. The Hall–Kier alpha value is -4.01. The molecule has 1 aromatic carbocycles. The van der Waals surface area contributed by atoms with Crippen molar-refractivity contribution in [2.45, 2.75) is 19.5 Å². The van der Waals surface area contributed by atoms with E-state index in [2.05, 4.69) is 5.32 Å². The van der Waals surface area contributed by atoms with E-state index < -0.39 is 0 Å². The zero-order chi connectivity index (χ0) is 23.2. The number of hydrogen-bond donors (Lipinski definition) is 1. The molecule has 0 radical (unpaired) electrons. The Bertz CT molecular complexity index is 1170. The lowest BCUT2D eigenvalue weighted by Gasteiger charge is -2.20. The molecule has 172 valence electrons. The highest BCUT2D eigenvalue weighted by atomic mass is 16.5. The number of fused-ring (bicyclic) bond motifs is 1. The fraction of sp³-hybridized carbons (Fsp3) is 0.292. The van der Waals surface area contributed by atoms with Crippen LogP contribution in [0, 0.1) is 0 Å². The molecule has 4 rings (SSSR count). The number of nitrogens with zero attached hydrogens (tertiary/aromatic N) is 2. The second-order valence-electron chi connectivity index (χ2n) is 7.52. The van der Waals surface area contributed by atoms with Gasteiger partial charge in [0.1, 0.15) is 22.8 Å². The molecule has 0 unspecified atom stereocenters. The summed E-state index contributed by atoms with van der Waals surface area (Å²) in [5.41, 5.74) is 0.549. The molecule has 3 heterocycles. The summed E-state index contributed by atoms with van der Waals surface area (Å²) >= 11 is 0. The Morgan fingerprint density at radius 2 is 1.91 bits per heavy atom. The van der Waals surface area contributed by atoms with Gasteiger partial charge in [0.15, 0.2) is 6.61 Å². The minimum absolute atomic E-state index is 0.102. The summed E-state index contributed by atoms with van der Waals surface area (Å²) in [5.74, 6) is 0.863. The summed E-state index contributed by atoms with van der Waals surface area (Å²) < 4.78 is 17.7. The van der Waals surface area contributed by atoms with Gasteiger partial charge in [-0.3, -0.25) is 14.4 Å². The summed E-state index contributed by atoms with van der Waals surface area (Å²) in [5, 5.41) is 2.81. The van der Waals surface area contributed by atoms with Gasteiger partial charge in [-0.2, -0.15) is 0 Å². The first-order chi connectivity index (χ1) is 16.1. The molecule has 9 heteroatoms. The van der Waals surface area contributed by atoms with Crippen molar-refractivity contribution >= 4 is 11.8 Å². The van der Waals surface area contributed by atoms with E-state index in [4.69, 9.17) is 13.9 Å². The van der Waals surface area contributed by atoms with Crippen molar-refractivity contribution in [3.63, 3.8) is 0 Å². The summed E-state index contributed by atoms with van der Waals surface area (Å²) in [6.07, 6.45) is 1.86. The van der Waals surface area contributed by atoms with Crippen molar-refractivity contribution < 1.29 is 23.5 Å². The highest BCUT2D eigenvalue weighted by Gasteiger charge is 2.26. The molecule has 1 aliphatic rings. The third-order valence-corrected chi connectivity index (χ3v) is 5.50. The van der Waals surface area contributed by atoms with Gasteiger partial charge >= 0.3 is 0 Å². The number of carbonyl (C=O) groups is 2. The van der Waals surface area contributed by atoms with E-state index >= 15 is 0 Å². The van der Waals surface area contributed by atoms with Crippen molar-refractivity contribution in [3.8, 4) is 11.5 Å². The molecule has 33 heavy (non-hydrogen) atoms. The molecule has 1 N–H and O–H groups in total. The van der Waals surface area contributed by atoms with Crippen molar-refractivity contribution in [3.05, 3.63) is 82.2 Å². The lowest BCUT2D eigenvalue weighted by atomic mass is 10.1. The maximum atomic E-state index is 13.0. The lowest BCUT2D eigenvalue weighted by molar-refractivity contribution is -0.133. The standard InChI is InChI=1S/C24H25N3O6/c1-31-20-14-21(28)27-12-11-26(22(29)16-33-17-6-3-2-4-7-17)10-9-19(27)23(20)24(30)25-15-18-8-5-13-32-18/h2-8,13-14H,9-12,15-16H2,1H3,(H,25,30). The van der Waals surface area contributed by atoms with Crippen molar-refractivity contribution in [1.29, 1.82) is 0 Å². The van der Waals surface area contributed by atoms with Crippen LogP contribution in [-0.2, 0) is 24.3 Å². The van der Waals surface area contributed by atoms with Gasteiger partial charge in [0.25, 0.3) is 17.4 Å². The van der Waals surface area contributed by atoms with Crippen LogP contribution in [0.2, 0.25) is 0 Å². The molecular formula is C24H25N3O6. The van der Waals surface area contributed by atoms with Crippen molar-refractivity contribution in [2.24, 2.45) is 0 Å². The Morgan fingerprint density at radius 3 is 2.64 bits per heavy atom. The number of carbonyl (C=O) groups excluding carboxylic acids is 2. The minimum atomic E-state index is -0.376. The van der Waals surface area contributed by atoms with Crippen LogP contribution in [0.4, 0.5) is 0 Å². The first-order valence-electron chi connectivity index (χ1n) is 10.6. The van der Waals surface area contributed by atoms with E-state index in [0.29, 0.717) is 42.3 Å². The molecule has 2 amide bonds. The molecule has 0 atom stereocenters. The number of para-hydroxylation sites is 1. The highest BCUT2D eigenvalue weighted by Crippen LogP contribution is 2.23. The molecular weight excluding hydrogens is 426 g/mol. The van der Waals surface area contributed by atoms with Gasteiger partial charge < -0.3 is 28.7 Å². The number of rotatable bonds is 7. The summed E-state index contributed by atoms with van der Waals surface area (Å²) in [4.78, 5) is 40.1. The second-order valence-corrected chi connectivity index (χ2v) is 7.52. The van der Waals surface area contributed by atoms with Crippen LogP contribution >= 0.6 is 0 Å². The summed E-state index contributed by atoms with van der Waals surface area (Å²) in [7, 11) is 1.42. The van der Waals surface area contributed by atoms with E-state index in [9.17, 15) is 14.4 Å². The normalized spacial score (nSPS) is 13.1. The van der Waals surface area contributed by atoms with E-state index in [1.165, 1.54) is 24.0 Å². The molecule has 0 bridgehead atoms. The van der Waals surface area contributed by atoms with Gasteiger partial charge in [0.05, 0.1) is 19.9 Å². The number of ether oxygens (including phenoxy) is 2. The average Bonchev–Trinajstić information content (AvgIpc) is 3.26. The van der Waals surface area contributed by atoms with Gasteiger partial charge in [0, 0.05) is 37.8 Å². The number of methoxy groups -OCH3 is 1. The molecule has 1 aliphatic heterocycles. The smallest absolute Gasteiger partial charge is 0.260 e. The number of furan rings is 1. The molecule has 0 fully saturated rings. The van der Waals surface area contributed by atoms with Crippen LogP contribution in [-0.4, -0.2) is 48.1 Å². The molecule has 3 aromatic rings. The summed E-state index contributed by atoms with van der Waals surface area (Å²) in [6.45, 7) is 1.06. The third-order valence-electron chi connectivity index (χ3n) is 5.50. The quantitative estimate of drug-likeness (QED) is 0.588. The zero-order valence-electron chi connectivity index (χ0n) is 18.3. The maximum Gasteiger partial charge on any atom is 0.260 e. The lowest BCUT2D eigenvalue weighted by Crippen LogP contribution is -2.37. The first kappa shape index (κ1) is 22.2. The van der Waals surface area contributed by atoms with Gasteiger partial charge in [-0.1, -0.05) is 18.2 Å². The van der Waals surface area contributed by atoms with E-state index in [1.54, 1.807) is 29.2 Å². The second kappa shape index (κ2) is 10.1. The zero-order valence-corrected chi connectivity index (χ0v) is 18.3. The number of hydrogen-bond acceptors (Lipinski definition) is 6. The highest BCUT2D eigenvalue weighted by molar-refractivity contribution is 5.98. The Kier molecular flexibility index (Phi) is 6.77. The van der Waals surface area contributed by atoms with Gasteiger partial charge in [-0.05, 0) is 24.3 Å². The SMILES string of the molecule is COc1cc(=O)n2c(c1C(=O)NCc1ccco1)CCN(C(=O)COc1ccccc1)CC2. The molecule has 0 aliphatic carbocycles. The third kappa shape index (κ3) is 5.08. The van der Waals surface area contributed by atoms with Crippen molar-refractivity contribution in [2.75, 3.05) is 26.8 Å². The number of benzene rings is 1.